The molecule has 1 aromatic carbocycles. The highest BCUT2D eigenvalue weighted by Crippen LogP contribution is 2.32. The van der Waals surface area contributed by atoms with Gasteiger partial charge in [-0.05, 0) is 48.2 Å². The van der Waals surface area contributed by atoms with E-state index in [9.17, 15) is 27.2 Å². The van der Waals surface area contributed by atoms with Crippen molar-refractivity contribution in [2.45, 2.75) is 39.3 Å². The summed E-state index contributed by atoms with van der Waals surface area (Å²) in [5.74, 6) is -1.58. The van der Waals surface area contributed by atoms with Crippen molar-refractivity contribution in [2.24, 2.45) is 5.92 Å². The minimum atomic E-state index is -4.82. The van der Waals surface area contributed by atoms with Crippen molar-refractivity contribution in [3.63, 3.8) is 0 Å². The molecule has 0 aliphatic heterocycles. The molecule has 2 heterocycles. The lowest BCUT2D eigenvalue weighted by atomic mass is 10.0. The van der Waals surface area contributed by atoms with Crippen LogP contribution >= 0.6 is 0 Å². The van der Waals surface area contributed by atoms with Crippen molar-refractivity contribution in [1.29, 1.82) is 0 Å². The fourth-order valence-electron chi connectivity index (χ4n) is 3.11. The first kappa shape index (κ1) is 23.3. The number of pyridine rings is 1. The van der Waals surface area contributed by atoms with Crippen LogP contribution in [0, 0.1) is 11.7 Å². The lowest BCUT2D eigenvalue weighted by Gasteiger charge is -2.10. The summed E-state index contributed by atoms with van der Waals surface area (Å²) >= 11 is 0. The quantitative estimate of drug-likeness (QED) is 0.339. The Bertz CT molecular complexity index is 1140. The fourth-order valence-corrected chi connectivity index (χ4v) is 3.11. The second-order valence-electron chi connectivity index (χ2n) is 7.81. The molecular weight excluding hydrogens is 426 g/mol. The lowest BCUT2D eigenvalue weighted by molar-refractivity contribution is -0.140. The molecule has 0 bridgehead atoms. The molecule has 0 aliphatic carbocycles. The van der Waals surface area contributed by atoms with Gasteiger partial charge in [0.25, 0.3) is 0 Å². The number of hydrogen-bond acceptors (Lipinski definition) is 4. The van der Waals surface area contributed by atoms with Gasteiger partial charge < -0.3 is 0 Å². The average molecular weight is 447 g/mol. The summed E-state index contributed by atoms with van der Waals surface area (Å²) in [5, 5.41) is 4.01. The van der Waals surface area contributed by atoms with Crippen LogP contribution in [0.5, 0.6) is 0 Å². The molecular formula is C23H21F4N3O2. The highest BCUT2D eigenvalue weighted by molar-refractivity contribution is 5.98. The first-order valence-corrected chi connectivity index (χ1v) is 9.98. The Morgan fingerprint density at radius 3 is 2.41 bits per heavy atom. The van der Waals surface area contributed by atoms with Gasteiger partial charge >= 0.3 is 6.18 Å². The molecule has 3 rings (SSSR count). The Kier molecular flexibility index (Phi) is 6.86. The molecule has 2 aromatic heterocycles. The van der Waals surface area contributed by atoms with Gasteiger partial charge in [0.05, 0.1) is 17.4 Å². The number of halogens is 4. The predicted molar refractivity (Wildman–Crippen MR) is 109 cm³/mol. The second-order valence-corrected chi connectivity index (χ2v) is 7.81. The van der Waals surface area contributed by atoms with E-state index in [1.165, 1.54) is 29.2 Å². The number of ketones is 2. The maximum absolute atomic E-state index is 13.5. The minimum absolute atomic E-state index is 0.0503. The molecule has 3 aromatic rings. The predicted octanol–water partition coefficient (Wildman–Crippen LogP) is 5.47. The number of alkyl halides is 3. The second kappa shape index (κ2) is 9.42. The van der Waals surface area contributed by atoms with Gasteiger partial charge in [-0.25, -0.2) is 14.1 Å². The van der Waals surface area contributed by atoms with E-state index in [1.54, 1.807) is 12.1 Å². The molecule has 0 spiro atoms. The maximum Gasteiger partial charge on any atom is 0.419 e. The van der Waals surface area contributed by atoms with Crippen LogP contribution in [-0.2, 0) is 12.6 Å². The van der Waals surface area contributed by atoms with E-state index < -0.39 is 17.6 Å². The van der Waals surface area contributed by atoms with Crippen molar-refractivity contribution >= 4 is 11.6 Å². The summed E-state index contributed by atoms with van der Waals surface area (Å²) in [4.78, 5) is 28.9. The monoisotopic (exact) mass is 447 g/mol. The van der Waals surface area contributed by atoms with Crippen LogP contribution in [0.1, 0.15) is 58.8 Å². The van der Waals surface area contributed by atoms with Crippen LogP contribution < -0.4 is 0 Å². The highest BCUT2D eigenvalue weighted by Gasteiger charge is 2.34. The smallest absolute Gasteiger partial charge is 0.292 e. The van der Waals surface area contributed by atoms with Crippen LogP contribution in [0.25, 0.3) is 5.69 Å². The van der Waals surface area contributed by atoms with E-state index in [-0.39, 0.29) is 47.4 Å². The standard InChI is InChI=1S/C23H21F4N3O2/c1-14(2)10-22(32)20-5-3-4-19(29-20)21(31)9-6-15-12-28-30(13-15)16-7-8-18(24)17(11-16)23(25,26)27/h3-5,7-8,11-14H,6,9-10H2,1-2H3. The van der Waals surface area contributed by atoms with Gasteiger partial charge in [0.1, 0.15) is 17.2 Å². The normalized spacial score (nSPS) is 11.7. The van der Waals surface area contributed by atoms with Gasteiger partial charge in [-0.1, -0.05) is 19.9 Å². The number of benzene rings is 1. The average Bonchev–Trinajstić information content (AvgIpc) is 3.20. The summed E-state index contributed by atoms with van der Waals surface area (Å²) in [7, 11) is 0. The Hall–Kier alpha value is -3.36. The number of nitrogens with zero attached hydrogens (tertiary/aromatic N) is 3. The lowest BCUT2D eigenvalue weighted by Crippen LogP contribution is -2.10. The highest BCUT2D eigenvalue weighted by atomic mass is 19.4. The molecule has 0 N–H and O–H groups in total. The molecule has 0 aliphatic rings. The first-order chi connectivity index (χ1) is 15.0. The summed E-state index contributed by atoms with van der Waals surface area (Å²) in [6.45, 7) is 3.84. The zero-order chi connectivity index (χ0) is 23.5. The van der Waals surface area contributed by atoms with E-state index in [4.69, 9.17) is 0 Å². The number of Topliss-reactive ketones (excluding diaryl/α,β-unsaturated/α-hetero) is 2. The van der Waals surface area contributed by atoms with Crippen molar-refractivity contribution < 1.29 is 27.2 Å². The Morgan fingerprint density at radius 2 is 1.75 bits per heavy atom. The van der Waals surface area contributed by atoms with Crippen LogP contribution in [0.15, 0.2) is 48.8 Å². The third-order valence-electron chi connectivity index (χ3n) is 4.71. The maximum atomic E-state index is 13.5. The summed E-state index contributed by atoms with van der Waals surface area (Å²) in [5.41, 5.74) is -0.285. The van der Waals surface area contributed by atoms with Gasteiger partial charge in [-0.3, -0.25) is 9.59 Å². The molecule has 168 valence electrons. The van der Waals surface area contributed by atoms with Crippen LogP contribution in [0.3, 0.4) is 0 Å². The zero-order valence-corrected chi connectivity index (χ0v) is 17.5. The van der Waals surface area contributed by atoms with E-state index >= 15 is 0 Å². The molecule has 0 amide bonds. The van der Waals surface area contributed by atoms with Gasteiger partial charge in [0.15, 0.2) is 11.6 Å². The van der Waals surface area contributed by atoms with E-state index in [0.29, 0.717) is 18.1 Å². The number of rotatable bonds is 8. The summed E-state index contributed by atoms with van der Waals surface area (Å²) < 4.78 is 53.5. The fraction of sp³-hybridized carbons (Fsp3) is 0.304. The molecule has 0 saturated heterocycles. The molecule has 32 heavy (non-hydrogen) atoms. The third kappa shape index (κ3) is 5.66. The zero-order valence-electron chi connectivity index (χ0n) is 17.5. The van der Waals surface area contributed by atoms with Gasteiger partial charge in [-0.15, -0.1) is 0 Å². The number of aromatic nitrogens is 3. The van der Waals surface area contributed by atoms with Crippen molar-refractivity contribution in [2.75, 3.05) is 0 Å². The topological polar surface area (TPSA) is 64.8 Å². The Balaban J connectivity index is 1.68. The molecule has 5 nitrogen and oxygen atoms in total. The number of carbonyl (C=O) groups is 2. The summed E-state index contributed by atoms with van der Waals surface area (Å²) in [6, 6.07) is 7.33. The largest absolute Gasteiger partial charge is 0.419 e. The molecule has 0 radical (unpaired) electrons. The van der Waals surface area contributed by atoms with Crippen molar-refractivity contribution in [1.82, 2.24) is 14.8 Å². The van der Waals surface area contributed by atoms with Crippen LogP contribution in [0.4, 0.5) is 17.6 Å². The number of carbonyl (C=O) groups excluding carboxylic acids is 2. The summed E-state index contributed by atoms with van der Waals surface area (Å²) in [6.07, 6.45) is -1.21. The Labute approximate surface area is 182 Å². The van der Waals surface area contributed by atoms with Gasteiger partial charge in [-0.2, -0.15) is 18.3 Å². The molecule has 0 fully saturated rings. The number of aryl methyl sites for hydroxylation is 1. The Morgan fingerprint density at radius 1 is 1.06 bits per heavy atom. The van der Waals surface area contributed by atoms with Crippen molar-refractivity contribution in [3.05, 3.63) is 77.1 Å². The molecule has 0 saturated carbocycles. The van der Waals surface area contributed by atoms with Crippen molar-refractivity contribution in [3.8, 4) is 5.69 Å². The van der Waals surface area contributed by atoms with E-state index in [1.807, 2.05) is 13.8 Å². The molecule has 9 heteroatoms. The molecule has 0 atom stereocenters. The van der Waals surface area contributed by atoms with Gasteiger partial charge in [0, 0.05) is 19.0 Å². The van der Waals surface area contributed by atoms with Gasteiger partial charge in [0.2, 0.25) is 0 Å². The van der Waals surface area contributed by atoms with E-state index in [2.05, 4.69) is 10.1 Å². The van der Waals surface area contributed by atoms with E-state index in [0.717, 1.165) is 6.07 Å². The first-order valence-electron chi connectivity index (χ1n) is 9.98. The van der Waals surface area contributed by atoms with Crippen LogP contribution in [-0.4, -0.2) is 26.3 Å². The SMILES string of the molecule is CC(C)CC(=O)c1cccc(C(=O)CCc2cnn(-c3ccc(F)c(C(F)(F)F)c3)c2)n1. The minimum Gasteiger partial charge on any atom is -0.292 e. The molecule has 0 unspecified atom stereocenters. The van der Waals surface area contributed by atoms with Crippen LogP contribution in [0.2, 0.25) is 0 Å². The third-order valence-corrected chi connectivity index (χ3v) is 4.71. The number of hydrogen-bond donors (Lipinski definition) is 0.